The van der Waals surface area contributed by atoms with Crippen molar-refractivity contribution in [2.45, 2.75) is 19.8 Å². The van der Waals surface area contributed by atoms with Crippen LogP contribution in [0.4, 0.5) is 5.69 Å². The van der Waals surface area contributed by atoms with Crippen molar-refractivity contribution in [2.75, 3.05) is 26.1 Å². The number of thiocarbonyl (C=S) groups is 1. The fourth-order valence-electron chi connectivity index (χ4n) is 2.38. The van der Waals surface area contributed by atoms with Crippen LogP contribution in [0.5, 0.6) is 11.5 Å². The maximum Gasteiger partial charge on any atom is 0.170 e. The number of rotatable bonds is 7. The molecular weight excluding hydrogens is 356 g/mol. The average Bonchev–Trinajstić information content (AvgIpc) is 2.61. The molecule has 0 radical (unpaired) electrons. The summed E-state index contributed by atoms with van der Waals surface area (Å²) in [5.41, 5.74) is 3.12. The first-order valence-corrected chi connectivity index (χ1v) is 8.84. The number of hydrogen-bond acceptors (Lipinski definition) is 3. The van der Waals surface area contributed by atoms with Crippen LogP contribution < -0.4 is 20.1 Å². The molecule has 0 bridgehead atoms. The monoisotopic (exact) mass is 378 g/mol. The van der Waals surface area contributed by atoms with Gasteiger partial charge in [-0.3, -0.25) is 0 Å². The Morgan fingerprint density at radius 1 is 1.08 bits per heavy atom. The molecule has 4 nitrogen and oxygen atoms in total. The molecule has 2 N–H and O–H groups in total. The van der Waals surface area contributed by atoms with Crippen LogP contribution in [-0.4, -0.2) is 25.9 Å². The van der Waals surface area contributed by atoms with Gasteiger partial charge in [-0.25, -0.2) is 0 Å². The van der Waals surface area contributed by atoms with Crippen LogP contribution in [0.1, 0.15) is 17.5 Å². The van der Waals surface area contributed by atoms with E-state index in [0.29, 0.717) is 5.11 Å². The zero-order valence-electron chi connectivity index (χ0n) is 14.7. The molecule has 2 rings (SSSR count). The van der Waals surface area contributed by atoms with Crippen molar-refractivity contribution in [1.82, 2.24) is 5.32 Å². The van der Waals surface area contributed by atoms with Gasteiger partial charge in [-0.05, 0) is 67.4 Å². The average molecular weight is 379 g/mol. The summed E-state index contributed by atoms with van der Waals surface area (Å²) < 4.78 is 10.6. The lowest BCUT2D eigenvalue weighted by molar-refractivity contribution is 0.354. The highest BCUT2D eigenvalue weighted by Crippen LogP contribution is 2.27. The summed E-state index contributed by atoms with van der Waals surface area (Å²) in [6.45, 7) is 2.75. The minimum atomic E-state index is 0.590. The highest BCUT2D eigenvalue weighted by molar-refractivity contribution is 7.80. The Kier molecular flexibility index (Phi) is 7.34. The molecular formula is C19H23ClN2O2S. The molecule has 25 heavy (non-hydrogen) atoms. The molecule has 0 atom stereocenters. The van der Waals surface area contributed by atoms with Crippen molar-refractivity contribution in [3.63, 3.8) is 0 Å². The Balaban J connectivity index is 1.77. The number of nitrogens with one attached hydrogen (secondary N) is 2. The molecule has 134 valence electrons. The third kappa shape index (κ3) is 5.80. The van der Waals surface area contributed by atoms with Crippen molar-refractivity contribution in [1.29, 1.82) is 0 Å². The van der Waals surface area contributed by atoms with Crippen LogP contribution in [0.3, 0.4) is 0 Å². The molecule has 2 aromatic rings. The lowest BCUT2D eigenvalue weighted by Gasteiger charge is -2.12. The molecule has 0 fully saturated rings. The van der Waals surface area contributed by atoms with Crippen molar-refractivity contribution < 1.29 is 9.47 Å². The maximum absolute atomic E-state index is 6.12. The quantitative estimate of drug-likeness (QED) is 0.545. The molecule has 0 unspecified atom stereocenters. The first-order valence-electron chi connectivity index (χ1n) is 8.05. The van der Waals surface area contributed by atoms with E-state index in [-0.39, 0.29) is 0 Å². The SMILES string of the molecule is COc1ccc(CCCNC(=S)Nc2ccc(C)c(Cl)c2)cc1OC. The summed E-state index contributed by atoms with van der Waals surface area (Å²) in [6, 6.07) is 11.8. The predicted octanol–water partition coefficient (Wildman–Crippen LogP) is 4.58. The second kappa shape index (κ2) is 9.49. The molecule has 0 aliphatic carbocycles. The molecule has 0 heterocycles. The standard InChI is InChI=1S/C19H23ClN2O2S/c1-13-6-8-15(12-16(13)20)22-19(25)21-10-4-5-14-7-9-17(23-2)18(11-14)24-3/h6-9,11-12H,4-5,10H2,1-3H3,(H2,21,22,25). The van der Waals surface area contributed by atoms with Crippen LogP contribution in [-0.2, 0) is 6.42 Å². The van der Waals surface area contributed by atoms with Crippen LogP contribution in [0.2, 0.25) is 5.02 Å². The van der Waals surface area contributed by atoms with Gasteiger partial charge in [0.15, 0.2) is 16.6 Å². The van der Waals surface area contributed by atoms with E-state index < -0.39 is 0 Å². The van der Waals surface area contributed by atoms with Gasteiger partial charge in [-0.2, -0.15) is 0 Å². The Labute approximate surface area is 159 Å². The number of benzene rings is 2. The third-order valence-corrected chi connectivity index (χ3v) is 4.46. The molecule has 0 amide bonds. The Bertz CT molecular complexity index is 737. The molecule has 0 saturated carbocycles. The molecule has 0 saturated heterocycles. The predicted molar refractivity (Wildman–Crippen MR) is 108 cm³/mol. The van der Waals surface area contributed by atoms with Gasteiger partial charge in [0, 0.05) is 17.3 Å². The lowest BCUT2D eigenvalue weighted by Crippen LogP contribution is -2.29. The van der Waals surface area contributed by atoms with Gasteiger partial charge in [0.25, 0.3) is 0 Å². The summed E-state index contributed by atoms with van der Waals surface area (Å²) in [7, 11) is 3.28. The molecule has 0 aliphatic rings. The van der Waals surface area contributed by atoms with Crippen molar-refractivity contribution in [3.05, 3.63) is 52.5 Å². The Hall–Kier alpha value is -1.98. The van der Waals surface area contributed by atoms with Gasteiger partial charge in [0.1, 0.15) is 0 Å². The van der Waals surface area contributed by atoms with Crippen LogP contribution in [0.15, 0.2) is 36.4 Å². The van der Waals surface area contributed by atoms with E-state index in [0.717, 1.165) is 47.2 Å². The lowest BCUT2D eigenvalue weighted by atomic mass is 10.1. The second-order valence-electron chi connectivity index (χ2n) is 5.64. The van der Waals surface area contributed by atoms with Crippen molar-refractivity contribution >= 4 is 34.6 Å². The second-order valence-corrected chi connectivity index (χ2v) is 6.45. The first-order chi connectivity index (χ1) is 12.0. The van der Waals surface area contributed by atoms with Gasteiger partial charge in [0.05, 0.1) is 14.2 Å². The Morgan fingerprint density at radius 3 is 2.52 bits per heavy atom. The maximum atomic E-state index is 6.12. The van der Waals surface area contributed by atoms with E-state index in [1.54, 1.807) is 14.2 Å². The number of ether oxygens (including phenoxy) is 2. The van der Waals surface area contributed by atoms with Crippen LogP contribution >= 0.6 is 23.8 Å². The van der Waals surface area contributed by atoms with Gasteiger partial charge in [0.2, 0.25) is 0 Å². The van der Waals surface area contributed by atoms with Gasteiger partial charge < -0.3 is 20.1 Å². The van der Waals surface area contributed by atoms with E-state index in [2.05, 4.69) is 10.6 Å². The molecule has 0 spiro atoms. The normalized spacial score (nSPS) is 10.2. The summed E-state index contributed by atoms with van der Waals surface area (Å²) in [6.07, 6.45) is 1.87. The van der Waals surface area contributed by atoms with E-state index in [1.807, 2.05) is 43.3 Å². The van der Waals surface area contributed by atoms with Crippen molar-refractivity contribution in [3.8, 4) is 11.5 Å². The fourth-order valence-corrected chi connectivity index (χ4v) is 2.78. The van der Waals surface area contributed by atoms with Gasteiger partial charge in [-0.1, -0.05) is 23.7 Å². The fraction of sp³-hybridized carbons (Fsp3) is 0.316. The van der Waals surface area contributed by atoms with Crippen LogP contribution in [0.25, 0.3) is 0 Å². The van der Waals surface area contributed by atoms with E-state index in [1.165, 1.54) is 5.56 Å². The molecule has 0 aromatic heterocycles. The summed E-state index contributed by atoms with van der Waals surface area (Å²) in [5, 5.41) is 7.66. The number of anilines is 1. The largest absolute Gasteiger partial charge is 0.493 e. The minimum absolute atomic E-state index is 0.590. The van der Waals surface area contributed by atoms with Gasteiger partial charge in [-0.15, -0.1) is 0 Å². The van der Waals surface area contributed by atoms with E-state index >= 15 is 0 Å². The zero-order valence-corrected chi connectivity index (χ0v) is 16.3. The van der Waals surface area contributed by atoms with E-state index in [4.69, 9.17) is 33.3 Å². The highest BCUT2D eigenvalue weighted by Gasteiger charge is 2.05. The smallest absolute Gasteiger partial charge is 0.170 e. The summed E-state index contributed by atoms with van der Waals surface area (Å²) >= 11 is 11.4. The molecule has 2 aromatic carbocycles. The number of methoxy groups -OCH3 is 2. The minimum Gasteiger partial charge on any atom is -0.493 e. The Morgan fingerprint density at radius 2 is 1.84 bits per heavy atom. The number of halogens is 1. The third-order valence-electron chi connectivity index (χ3n) is 3.81. The first kappa shape index (κ1) is 19.3. The van der Waals surface area contributed by atoms with Crippen LogP contribution in [0, 0.1) is 6.92 Å². The summed E-state index contributed by atoms with van der Waals surface area (Å²) in [5.74, 6) is 1.49. The molecule has 0 aliphatic heterocycles. The van der Waals surface area contributed by atoms with Gasteiger partial charge >= 0.3 is 0 Å². The molecule has 6 heteroatoms. The van der Waals surface area contributed by atoms with Crippen molar-refractivity contribution in [2.24, 2.45) is 0 Å². The highest BCUT2D eigenvalue weighted by atomic mass is 35.5. The number of hydrogen-bond donors (Lipinski definition) is 2. The van der Waals surface area contributed by atoms with E-state index in [9.17, 15) is 0 Å². The summed E-state index contributed by atoms with van der Waals surface area (Å²) in [4.78, 5) is 0. The number of aryl methyl sites for hydroxylation is 2. The topological polar surface area (TPSA) is 42.5 Å². The zero-order chi connectivity index (χ0) is 18.2.